The summed E-state index contributed by atoms with van der Waals surface area (Å²) in [5.41, 5.74) is 11.1. The first kappa shape index (κ1) is 15.1. The number of hydrogen-bond acceptors (Lipinski definition) is 4. The first-order valence-electron chi connectivity index (χ1n) is 5.52. The molecule has 5 N–H and O–H groups in total. The predicted molar refractivity (Wildman–Crippen MR) is 61.8 cm³/mol. The van der Waals surface area contributed by atoms with Crippen LogP contribution in [0.3, 0.4) is 0 Å². The van der Waals surface area contributed by atoms with Crippen molar-refractivity contribution in [1.29, 1.82) is 0 Å². The molecule has 0 amide bonds. The van der Waals surface area contributed by atoms with E-state index >= 15 is 0 Å². The molecule has 0 aliphatic heterocycles. The Morgan fingerprint density at radius 3 is 2.00 bits per heavy atom. The number of carbonyl (C=O) groups excluding carboxylic acids is 1. The van der Waals surface area contributed by atoms with Gasteiger partial charge in [0, 0.05) is 12.5 Å². The zero-order valence-corrected chi connectivity index (χ0v) is 10.1. The van der Waals surface area contributed by atoms with Crippen LogP contribution in [0, 0.1) is 11.8 Å². The maximum atomic E-state index is 11.6. The van der Waals surface area contributed by atoms with Crippen LogP contribution in [0.25, 0.3) is 0 Å². The van der Waals surface area contributed by atoms with E-state index in [1.54, 1.807) is 6.92 Å². The van der Waals surface area contributed by atoms with Gasteiger partial charge in [0.05, 0.1) is 12.0 Å². The molecule has 0 aromatic rings. The lowest BCUT2D eigenvalue weighted by Crippen LogP contribution is -2.46. The van der Waals surface area contributed by atoms with Crippen LogP contribution < -0.4 is 11.5 Å². The number of carboxylic acids is 1. The van der Waals surface area contributed by atoms with E-state index in [0.717, 1.165) is 0 Å². The monoisotopic (exact) mass is 230 g/mol. The molecule has 0 radical (unpaired) electrons. The number of Topliss-reactive ketones (excluding diaryl/α,β-unsaturated/α-hetero) is 1. The van der Waals surface area contributed by atoms with Gasteiger partial charge in [-0.3, -0.25) is 9.59 Å². The highest BCUT2D eigenvalue weighted by Gasteiger charge is 2.26. The van der Waals surface area contributed by atoms with Crippen molar-refractivity contribution in [2.24, 2.45) is 23.3 Å². The maximum absolute atomic E-state index is 11.6. The van der Waals surface area contributed by atoms with E-state index < -0.39 is 24.0 Å². The van der Waals surface area contributed by atoms with E-state index in [9.17, 15) is 9.59 Å². The van der Waals surface area contributed by atoms with Crippen LogP contribution in [0.2, 0.25) is 0 Å². The lowest BCUT2D eigenvalue weighted by molar-refractivity contribution is -0.144. The number of hydrogen-bond donors (Lipinski definition) is 3. The number of rotatable bonds is 7. The van der Waals surface area contributed by atoms with Gasteiger partial charge >= 0.3 is 5.97 Å². The third kappa shape index (κ3) is 5.23. The average Bonchev–Trinajstić information content (AvgIpc) is 2.14. The van der Waals surface area contributed by atoms with Gasteiger partial charge in [0.2, 0.25) is 0 Å². The van der Waals surface area contributed by atoms with E-state index in [2.05, 4.69) is 0 Å². The van der Waals surface area contributed by atoms with Crippen LogP contribution in [0.15, 0.2) is 0 Å². The molecule has 0 saturated heterocycles. The van der Waals surface area contributed by atoms with Crippen molar-refractivity contribution in [2.45, 2.75) is 45.7 Å². The van der Waals surface area contributed by atoms with Crippen molar-refractivity contribution in [3.8, 4) is 0 Å². The summed E-state index contributed by atoms with van der Waals surface area (Å²) in [6.45, 7) is 5.48. The Kier molecular flexibility index (Phi) is 6.21. The topological polar surface area (TPSA) is 106 Å². The molecular formula is C11H22N2O3. The van der Waals surface area contributed by atoms with Crippen molar-refractivity contribution in [1.82, 2.24) is 0 Å². The van der Waals surface area contributed by atoms with Crippen molar-refractivity contribution >= 4 is 11.8 Å². The van der Waals surface area contributed by atoms with Crippen LogP contribution in [-0.2, 0) is 9.59 Å². The standard InChI is InChI=1S/C11H22N2O3/c1-6(2)4-8(11(15)16)5-9(14)10(13)7(3)12/h6-8,10H,4-5,12-13H2,1-3H3,(H,15,16)/t7-,8+,10-/m0/s1. The summed E-state index contributed by atoms with van der Waals surface area (Å²) in [4.78, 5) is 22.6. The molecular weight excluding hydrogens is 208 g/mol. The Hall–Kier alpha value is -0.940. The van der Waals surface area contributed by atoms with Gasteiger partial charge in [-0.1, -0.05) is 13.8 Å². The van der Waals surface area contributed by atoms with Gasteiger partial charge in [0.1, 0.15) is 0 Å². The maximum Gasteiger partial charge on any atom is 0.306 e. The highest BCUT2D eigenvalue weighted by atomic mass is 16.4. The van der Waals surface area contributed by atoms with Gasteiger partial charge in [-0.2, -0.15) is 0 Å². The quantitative estimate of drug-likeness (QED) is 0.585. The summed E-state index contributed by atoms with van der Waals surface area (Å²) < 4.78 is 0. The van der Waals surface area contributed by atoms with Crippen molar-refractivity contribution < 1.29 is 14.7 Å². The van der Waals surface area contributed by atoms with Crippen LogP contribution >= 0.6 is 0 Å². The second kappa shape index (κ2) is 6.60. The molecule has 0 unspecified atom stereocenters. The third-order valence-electron chi connectivity index (χ3n) is 2.49. The minimum absolute atomic E-state index is 0.0315. The van der Waals surface area contributed by atoms with Gasteiger partial charge < -0.3 is 16.6 Å². The third-order valence-corrected chi connectivity index (χ3v) is 2.49. The van der Waals surface area contributed by atoms with Crippen molar-refractivity contribution in [3.05, 3.63) is 0 Å². The Balaban J connectivity index is 4.40. The number of nitrogens with two attached hydrogens (primary N) is 2. The first-order valence-corrected chi connectivity index (χ1v) is 5.52. The van der Waals surface area contributed by atoms with Gasteiger partial charge in [-0.15, -0.1) is 0 Å². The van der Waals surface area contributed by atoms with Crippen LogP contribution in [0.5, 0.6) is 0 Å². The summed E-state index contributed by atoms with van der Waals surface area (Å²) in [5.74, 6) is -1.64. The molecule has 0 rings (SSSR count). The highest BCUT2D eigenvalue weighted by molar-refractivity contribution is 5.88. The fraction of sp³-hybridized carbons (Fsp3) is 0.818. The molecule has 0 spiro atoms. The number of aliphatic carboxylic acids is 1. The second-order valence-corrected chi connectivity index (χ2v) is 4.72. The van der Waals surface area contributed by atoms with Crippen molar-refractivity contribution in [3.63, 3.8) is 0 Å². The predicted octanol–water partition coefficient (Wildman–Crippen LogP) is 0.367. The summed E-state index contributed by atoms with van der Waals surface area (Å²) >= 11 is 0. The van der Waals surface area contributed by atoms with Gasteiger partial charge in [-0.05, 0) is 19.3 Å². The fourth-order valence-corrected chi connectivity index (χ4v) is 1.51. The number of carboxylic acid groups (broad SMARTS) is 1. The molecule has 5 nitrogen and oxygen atoms in total. The minimum atomic E-state index is -0.945. The first-order chi connectivity index (χ1) is 7.25. The molecule has 0 aromatic heterocycles. The molecule has 0 aliphatic rings. The molecule has 0 saturated carbocycles. The largest absolute Gasteiger partial charge is 0.481 e. The average molecular weight is 230 g/mol. The van der Waals surface area contributed by atoms with E-state index in [1.807, 2.05) is 13.8 Å². The Morgan fingerprint density at radius 2 is 1.69 bits per heavy atom. The van der Waals surface area contributed by atoms with E-state index in [1.165, 1.54) is 0 Å². The fourth-order valence-electron chi connectivity index (χ4n) is 1.51. The molecule has 0 aromatic carbocycles. The van der Waals surface area contributed by atoms with Crippen LogP contribution in [0.4, 0.5) is 0 Å². The van der Waals surface area contributed by atoms with Crippen LogP contribution in [-0.4, -0.2) is 28.9 Å². The van der Waals surface area contributed by atoms with Crippen LogP contribution in [0.1, 0.15) is 33.6 Å². The minimum Gasteiger partial charge on any atom is -0.481 e. The van der Waals surface area contributed by atoms with E-state index in [-0.39, 0.29) is 18.1 Å². The zero-order valence-electron chi connectivity index (χ0n) is 10.1. The zero-order chi connectivity index (χ0) is 12.9. The van der Waals surface area contributed by atoms with E-state index in [0.29, 0.717) is 6.42 Å². The Labute approximate surface area is 96.2 Å². The van der Waals surface area contributed by atoms with Gasteiger partial charge in [0.15, 0.2) is 5.78 Å². The second-order valence-electron chi connectivity index (χ2n) is 4.72. The van der Waals surface area contributed by atoms with E-state index in [4.69, 9.17) is 16.6 Å². The molecule has 0 aliphatic carbocycles. The lowest BCUT2D eigenvalue weighted by atomic mass is 9.90. The number of ketones is 1. The van der Waals surface area contributed by atoms with Crippen molar-refractivity contribution in [2.75, 3.05) is 0 Å². The summed E-state index contributed by atoms with van der Waals surface area (Å²) in [5, 5.41) is 8.97. The molecule has 5 heteroatoms. The molecule has 3 atom stereocenters. The highest BCUT2D eigenvalue weighted by Crippen LogP contribution is 2.17. The van der Waals surface area contributed by atoms with Gasteiger partial charge in [0.25, 0.3) is 0 Å². The van der Waals surface area contributed by atoms with Gasteiger partial charge in [-0.25, -0.2) is 0 Å². The summed E-state index contributed by atoms with van der Waals surface area (Å²) in [6, 6.07) is -1.21. The summed E-state index contributed by atoms with van der Waals surface area (Å²) in [7, 11) is 0. The summed E-state index contributed by atoms with van der Waals surface area (Å²) in [6.07, 6.45) is 0.447. The Bertz CT molecular complexity index is 252. The molecule has 0 fully saturated rings. The molecule has 0 heterocycles. The molecule has 94 valence electrons. The molecule has 16 heavy (non-hydrogen) atoms. The molecule has 0 bridgehead atoms. The lowest BCUT2D eigenvalue weighted by Gasteiger charge is -2.18. The normalized spacial score (nSPS) is 16.9. The SMILES string of the molecule is CC(C)C[C@H](CC(=O)[C@@H](N)[C@H](C)N)C(=O)O. The Morgan fingerprint density at radius 1 is 1.19 bits per heavy atom. The smallest absolute Gasteiger partial charge is 0.306 e. The number of carbonyl (C=O) groups is 2.